The van der Waals surface area contributed by atoms with Crippen LogP contribution in [-0.2, 0) is 14.3 Å². The summed E-state index contributed by atoms with van der Waals surface area (Å²) in [6.45, 7) is 1.50. The number of hydrazone groups is 1. The lowest BCUT2D eigenvalue weighted by Crippen LogP contribution is -2.34. The van der Waals surface area contributed by atoms with Gasteiger partial charge in [-0.05, 0) is 19.1 Å². The first kappa shape index (κ1) is 15.4. The van der Waals surface area contributed by atoms with Gasteiger partial charge in [-0.3, -0.25) is 9.59 Å². The molecule has 1 aromatic rings. The van der Waals surface area contributed by atoms with Crippen LogP contribution in [0.25, 0.3) is 0 Å². The van der Waals surface area contributed by atoms with Crippen LogP contribution in [0.4, 0.5) is 0 Å². The lowest BCUT2D eigenvalue weighted by Gasteiger charge is -2.15. The molecular weight excluding hydrogens is 340 g/mol. The fourth-order valence-electron chi connectivity index (χ4n) is 1.75. The van der Waals surface area contributed by atoms with Crippen molar-refractivity contribution >= 4 is 39.3 Å². The molecule has 0 saturated carbocycles. The van der Waals surface area contributed by atoms with Gasteiger partial charge >= 0.3 is 5.97 Å². The fraction of sp³-hybridized carbons (Fsp3) is 0.286. The topological polar surface area (TPSA) is 84.8 Å². The third-order valence-electron chi connectivity index (χ3n) is 2.92. The molecule has 1 aromatic carbocycles. The minimum absolute atomic E-state index is 0.116. The molecule has 1 atom stereocenters. The van der Waals surface area contributed by atoms with Crippen molar-refractivity contribution in [3.8, 4) is 0 Å². The maximum atomic E-state index is 12.1. The Morgan fingerprint density at radius 2 is 1.95 bits per heavy atom. The molecule has 0 bridgehead atoms. The number of rotatable bonds is 4. The van der Waals surface area contributed by atoms with E-state index in [9.17, 15) is 14.4 Å². The summed E-state index contributed by atoms with van der Waals surface area (Å²) in [6.07, 6.45) is -0.522. The minimum atomic E-state index is -0.918. The van der Waals surface area contributed by atoms with Gasteiger partial charge in [-0.15, -0.1) is 0 Å². The van der Waals surface area contributed by atoms with E-state index in [0.717, 1.165) is 4.47 Å². The van der Waals surface area contributed by atoms with Gasteiger partial charge in [-0.2, -0.15) is 5.10 Å². The maximum Gasteiger partial charge on any atom is 0.355 e. The molecule has 1 aliphatic rings. The number of hydrogen-bond acceptors (Lipinski definition) is 5. The average Bonchev–Trinajstić information content (AvgIpc) is 2.47. The van der Waals surface area contributed by atoms with Crippen LogP contribution in [-0.4, -0.2) is 29.5 Å². The van der Waals surface area contributed by atoms with Gasteiger partial charge in [0.25, 0.3) is 0 Å². The molecule has 0 fully saturated rings. The smallest absolute Gasteiger partial charge is 0.355 e. The number of benzene rings is 1. The first-order valence-corrected chi connectivity index (χ1v) is 7.13. The van der Waals surface area contributed by atoms with Gasteiger partial charge in [0.15, 0.2) is 6.10 Å². The highest BCUT2D eigenvalue weighted by atomic mass is 79.9. The van der Waals surface area contributed by atoms with Gasteiger partial charge in [0.2, 0.25) is 11.7 Å². The van der Waals surface area contributed by atoms with Crippen molar-refractivity contribution in [2.24, 2.45) is 5.10 Å². The molecule has 0 radical (unpaired) electrons. The second kappa shape index (κ2) is 6.62. The molecule has 1 N–H and O–H groups in total. The van der Waals surface area contributed by atoms with Crippen LogP contribution in [0.15, 0.2) is 33.8 Å². The summed E-state index contributed by atoms with van der Waals surface area (Å²) in [6, 6.07) is 6.77. The molecule has 2 rings (SSSR count). The van der Waals surface area contributed by atoms with Crippen molar-refractivity contribution in [2.45, 2.75) is 25.9 Å². The van der Waals surface area contributed by atoms with Crippen LogP contribution < -0.4 is 5.43 Å². The molecule has 7 heteroatoms. The Morgan fingerprint density at radius 1 is 1.29 bits per heavy atom. The summed E-state index contributed by atoms with van der Waals surface area (Å²) >= 11 is 3.28. The Balaban J connectivity index is 1.99. The molecule has 0 unspecified atom stereocenters. The monoisotopic (exact) mass is 352 g/mol. The highest BCUT2D eigenvalue weighted by Crippen LogP contribution is 2.13. The number of amides is 1. The number of carbonyl (C=O) groups excluding carboxylic acids is 3. The van der Waals surface area contributed by atoms with Crippen molar-refractivity contribution in [3.63, 3.8) is 0 Å². The number of ketones is 1. The van der Waals surface area contributed by atoms with E-state index in [0.29, 0.717) is 5.56 Å². The normalized spacial score (nSPS) is 15.7. The average molecular weight is 353 g/mol. The van der Waals surface area contributed by atoms with Gasteiger partial charge in [-0.1, -0.05) is 28.1 Å². The lowest BCUT2D eigenvalue weighted by atomic mass is 10.1. The van der Waals surface area contributed by atoms with Crippen LogP contribution in [0.1, 0.15) is 30.1 Å². The third kappa shape index (κ3) is 3.98. The number of nitrogens with one attached hydrogen (secondary N) is 1. The number of esters is 1. The highest BCUT2D eigenvalue weighted by Gasteiger charge is 2.24. The SMILES string of the molecule is C[C@H](OC(=O)C1=NNC(=O)CC1)C(=O)c1ccc(Br)cc1. The second-order valence-corrected chi connectivity index (χ2v) is 5.43. The van der Waals surface area contributed by atoms with Gasteiger partial charge in [-0.25, -0.2) is 10.2 Å². The van der Waals surface area contributed by atoms with E-state index in [1.807, 2.05) is 0 Å². The molecule has 1 amide bonds. The van der Waals surface area contributed by atoms with Crippen molar-refractivity contribution < 1.29 is 19.1 Å². The van der Waals surface area contributed by atoms with Crippen LogP contribution in [0.2, 0.25) is 0 Å². The molecule has 0 saturated heterocycles. The number of carbonyl (C=O) groups is 3. The van der Waals surface area contributed by atoms with Crippen LogP contribution in [0.5, 0.6) is 0 Å². The zero-order valence-electron chi connectivity index (χ0n) is 11.3. The summed E-state index contributed by atoms with van der Waals surface area (Å²) in [5.74, 6) is -1.23. The Morgan fingerprint density at radius 3 is 2.52 bits per heavy atom. The Bertz CT molecular complexity index is 610. The predicted molar refractivity (Wildman–Crippen MR) is 78.8 cm³/mol. The summed E-state index contributed by atoms with van der Waals surface area (Å²) in [4.78, 5) is 34.9. The van der Waals surface area contributed by atoms with E-state index in [1.165, 1.54) is 6.92 Å². The number of hydrogen-bond donors (Lipinski definition) is 1. The second-order valence-electron chi connectivity index (χ2n) is 4.51. The number of Topliss-reactive ketones (excluding diaryl/α,β-unsaturated/α-hetero) is 1. The first-order valence-electron chi connectivity index (χ1n) is 6.33. The quantitative estimate of drug-likeness (QED) is 0.661. The summed E-state index contributed by atoms with van der Waals surface area (Å²) in [5, 5.41) is 3.63. The van der Waals surface area contributed by atoms with Crippen molar-refractivity contribution in [3.05, 3.63) is 34.3 Å². The molecule has 110 valence electrons. The van der Waals surface area contributed by atoms with Crippen LogP contribution in [0.3, 0.4) is 0 Å². The lowest BCUT2D eigenvalue weighted by molar-refractivity contribution is -0.138. The molecule has 1 aliphatic heterocycles. The molecule has 6 nitrogen and oxygen atoms in total. The molecule has 1 heterocycles. The fourth-order valence-corrected chi connectivity index (χ4v) is 2.02. The van der Waals surface area contributed by atoms with Crippen molar-refractivity contribution in [1.82, 2.24) is 5.43 Å². The van der Waals surface area contributed by atoms with Crippen LogP contribution >= 0.6 is 15.9 Å². The van der Waals surface area contributed by atoms with E-state index >= 15 is 0 Å². The minimum Gasteiger partial charge on any atom is -0.450 e. The molecule has 0 aromatic heterocycles. The number of halogens is 1. The maximum absolute atomic E-state index is 12.1. The molecule has 0 spiro atoms. The Hall–Kier alpha value is -2.02. The largest absolute Gasteiger partial charge is 0.450 e. The van der Waals surface area contributed by atoms with E-state index < -0.39 is 12.1 Å². The van der Waals surface area contributed by atoms with Crippen molar-refractivity contribution in [1.29, 1.82) is 0 Å². The Labute approximate surface area is 129 Å². The van der Waals surface area contributed by atoms with E-state index in [-0.39, 0.29) is 30.2 Å². The number of ether oxygens (including phenoxy) is 1. The molecule has 0 aliphatic carbocycles. The van der Waals surface area contributed by atoms with Gasteiger partial charge in [0, 0.05) is 22.9 Å². The van der Waals surface area contributed by atoms with E-state index in [4.69, 9.17) is 4.74 Å². The molecular formula is C14H13BrN2O4. The first-order chi connectivity index (χ1) is 9.97. The zero-order valence-corrected chi connectivity index (χ0v) is 12.8. The zero-order chi connectivity index (χ0) is 15.4. The summed E-state index contributed by atoms with van der Waals surface area (Å²) in [7, 11) is 0. The standard InChI is InChI=1S/C14H13BrN2O4/c1-8(13(19)9-2-4-10(15)5-3-9)21-14(20)11-6-7-12(18)17-16-11/h2-5,8H,6-7H2,1H3,(H,17,18)/t8-/m0/s1. The van der Waals surface area contributed by atoms with Gasteiger partial charge < -0.3 is 4.74 Å². The summed E-state index contributed by atoms with van der Waals surface area (Å²) < 4.78 is 5.95. The van der Waals surface area contributed by atoms with Gasteiger partial charge in [0.1, 0.15) is 5.71 Å². The Kier molecular flexibility index (Phi) is 4.85. The van der Waals surface area contributed by atoms with E-state index in [2.05, 4.69) is 26.5 Å². The van der Waals surface area contributed by atoms with Gasteiger partial charge in [0.05, 0.1) is 0 Å². The van der Waals surface area contributed by atoms with Crippen molar-refractivity contribution in [2.75, 3.05) is 0 Å². The predicted octanol–water partition coefficient (Wildman–Crippen LogP) is 1.83. The summed E-state index contributed by atoms with van der Waals surface area (Å²) in [5.41, 5.74) is 2.78. The number of nitrogens with zero attached hydrogens (tertiary/aromatic N) is 1. The highest BCUT2D eigenvalue weighted by molar-refractivity contribution is 9.10. The third-order valence-corrected chi connectivity index (χ3v) is 3.45. The molecule has 21 heavy (non-hydrogen) atoms. The van der Waals surface area contributed by atoms with E-state index in [1.54, 1.807) is 24.3 Å². The van der Waals surface area contributed by atoms with Crippen LogP contribution in [0, 0.1) is 0 Å².